The van der Waals surface area contributed by atoms with Crippen LogP contribution in [0.15, 0.2) is 29.0 Å². The van der Waals surface area contributed by atoms with Crippen LogP contribution in [0.5, 0.6) is 0 Å². The Hall–Kier alpha value is -3.63. The van der Waals surface area contributed by atoms with E-state index < -0.39 is 6.04 Å². The first kappa shape index (κ1) is 17.8. The quantitative estimate of drug-likeness (QED) is 0.514. The van der Waals surface area contributed by atoms with Gasteiger partial charge in [0.25, 0.3) is 5.91 Å². The lowest BCUT2D eigenvalue weighted by Crippen LogP contribution is -2.29. The van der Waals surface area contributed by atoms with E-state index in [1.165, 1.54) is 6.33 Å². The zero-order chi connectivity index (χ0) is 19.7. The van der Waals surface area contributed by atoms with E-state index in [9.17, 15) is 4.79 Å². The maximum atomic E-state index is 12.8. The summed E-state index contributed by atoms with van der Waals surface area (Å²) in [6.07, 6.45) is 2.00. The van der Waals surface area contributed by atoms with Gasteiger partial charge in [0.1, 0.15) is 17.9 Å². The van der Waals surface area contributed by atoms with Gasteiger partial charge in [0, 0.05) is 12.6 Å². The van der Waals surface area contributed by atoms with Crippen molar-refractivity contribution in [3.05, 3.63) is 36.0 Å². The van der Waals surface area contributed by atoms with Crippen molar-refractivity contribution in [3.8, 4) is 11.6 Å². The summed E-state index contributed by atoms with van der Waals surface area (Å²) >= 11 is 0. The summed E-state index contributed by atoms with van der Waals surface area (Å²) in [5.74, 6) is 1.05. The normalized spacial score (nSPS) is 12.6. The summed E-state index contributed by atoms with van der Waals surface area (Å²) < 4.78 is 7.03. The summed E-state index contributed by atoms with van der Waals surface area (Å²) in [7, 11) is 1.80. The average Bonchev–Trinajstić information content (AvgIpc) is 3.41. The fourth-order valence-corrected chi connectivity index (χ4v) is 2.90. The second kappa shape index (κ2) is 7.18. The van der Waals surface area contributed by atoms with Gasteiger partial charge in [-0.2, -0.15) is 10.1 Å². The fourth-order valence-electron chi connectivity index (χ4n) is 2.90. The first-order valence-electron chi connectivity index (χ1n) is 8.81. The Bertz CT molecular complexity index is 1100. The number of amides is 1. The third-order valence-corrected chi connectivity index (χ3v) is 4.25. The van der Waals surface area contributed by atoms with E-state index in [0.29, 0.717) is 35.1 Å². The van der Waals surface area contributed by atoms with Gasteiger partial charge in [-0.25, -0.2) is 9.67 Å². The van der Waals surface area contributed by atoms with Crippen LogP contribution in [0.1, 0.15) is 42.6 Å². The zero-order valence-corrected chi connectivity index (χ0v) is 15.6. The third-order valence-electron chi connectivity index (χ3n) is 4.25. The highest BCUT2D eigenvalue weighted by Crippen LogP contribution is 2.23. The Balaban J connectivity index is 1.58. The number of H-pyrrole nitrogens is 1. The van der Waals surface area contributed by atoms with Gasteiger partial charge in [-0.15, -0.1) is 5.10 Å². The van der Waals surface area contributed by atoms with Crippen LogP contribution in [-0.2, 0) is 7.05 Å². The van der Waals surface area contributed by atoms with Crippen LogP contribution in [0.3, 0.4) is 0 Å². The van der Waals surface area contributed by atoms with Crippen molar-refractivity contribution >= 4 is 16.9 Å². The summed E-state index contributed by atoms with van der Waals surface area (Å²) in [5.41, 5.74) is 1.99. The molecule has 1 aromatic carbocycles. The number of hydrogen-bond donors (Lipinski definition) is 2. The molecule has 4 aromatic rings. The maximum absolute atomic E-state index is 12.8. The molecule has 28 heavy (non-hydrogen) atoms. The zero-order valence-electron chi connectivity index (χ0n) is 15.6. The number of nitrogens with zero attached hydrogens (tertiary/aromatic N) is 7. The largest absolute Gasteiger partial charge is 0.340 e. The first-order chi connectivity index (χ1) is 13.5. The number of aryl methyl sites for hydroxylation is 1. The summed E-state index contributed by atoms with van der Waals surface area (Å²) in [6, 6.07) is 4.82. The number of aromatic nitrogens is 8. The number of fused-ring (bicyclic) bond motifs is 1. The number of carbonyl (C=O) groups excluding carboxylic acids is 1. The Kier molecular flexibility index (Phi) is 4.55. The highest BCUT2D eigenvalue weighted by atomic mass is 16.5. The minimum Gasteiger partial charge on any atom is -0.340 e. The topological polar surface area (TPSA) is 140 Å². The number of hydrogen-bond acceptors (Lipinski definition) is 8. The fraction of sp³-hybridized carbons (Fsp3) is 0.353. The number of benzene rings is 1. The predicted octanol–water partition coefficient (Wildman–Crippen LogP) is 1.65. The molecule has 0 aliphatic rings. The molecule has 3 heterocycles. The number of rotatable bonds is 6. The van der Waals surface area contributed by atoms with Gasteiger partial charge in [0.2, 0.25) is 11.7 Å². The molecule has 0 radical (unpaired) electrons. The van der Waals surface area contributed by atoms with Crippen molar-refractivity contribution in [1.29, 1.82) is 0 Å². The molecule has 11 heteroatoms. The first-order valence-corrected chi connectivity index (χ1v) is 8.81. The molecule has 0 saturated carbocycles. The van der Waals surface area contributed by atoms with Crippen LogP contribution in [0, 0.1) is 5.92 Å². The highest BCUT2D eigenvalue weighted by Gasteiger charge is 2.24. The van der Waals surface area contributed by atoms with Gasteiger partial charge in [-0.05, 0) is 30.5 Å². The lowest BCUT2D eigenvalue weighted by atomic mass is 10.0. The minimum atomic E-state index is -0.436. The van der Waals surface area contributed by atoms with Crippen LogP contribution in [0.4, 0.5) is 0 Å². The number of nitrogens with one attached hydrogen (secondary N) is 2. The monoisotopic (exact) mass is 381 g/mol. The van der Waals surface area contributed by atoms with Crippen LogP contribution in [-0.4, -0.2) is 46.2 Å². The molecule has 11 nitrogen and oxygen atoms in total. The third kappa shape index (κ3) is 3.46. The van der Waals surface area contributed by atoms with Crippen molar-refractivity contribution in [2.75, 3.05) is 0 Å². The molecule has 0 aliphatic carbocycles. The smallest absolute Gasteiger partial charge is 0.252 e. The van der Waals surface area contributed by atoms with Crippen molar-refractivity contribution in [3.63, 3.8) is 0 Å². The van der Waals surface area contributed by atoms with Crippen molar-refractivity contribution in [1.82, 2.24) is 45.6 Å². The summed E-state index contributed by atoms with van der Waals surface area (Å²) in [4.78, 5) is 21.2. The molecular formula is C17H19N9O2. The van der Waals surface area contributed by atoms with E-state index in [0.717, 1.165) is 5.52 Å². The second-order valence-corrected chi connectivity index (χ2v) is 6.86. The Morgan fingerprint density at radius 3 is 2.96 bits per heavy atom. The average molecular weight is 381 g/mol. The van der Waals surface area contributed by atoms with Gasteiger partial charge in [0.05, 0.1) is 5.52 Å². The van der Waals surface area contributed by atoms with Crippen LogP contribution < -0.4 is 5.32 Å². The molecule has 3 aromatic heterocycles. The lowest BCUT2D eigenvalue weighted by molar-refractivity contribution is 0.0922. The van der Waals surface area contributed by atoms with Crippen molar-refractivity contribution < 1.29 is 9.32 Å². The van der Waals surface area contributed by atoms with Crippen molar-refractivity contribution in [2.45, 2.75) is 26.3 Å². The molecule has 144 valence electrons. The SMILES string of the molecule is CC(C)CC(NC(=O)c1ccc2c(c1)nnn2C)c1nc(-c2ncn[nH]2)no1. The molecule has 0 spiro atoms. The van der Waals surface area contributed by atoms with Crippen LogP contribution in [0.2, 0.25) is 0 Å². The molecule has 0 saturated heterocycles. The number of carbonyl (C=O) groups is 1. The molecule has 4 rings (SSSR count). The molecule has 0 aliphatic heterocycles. The Morgan fingerprint density at radius 2 is 2.21 bits per heavy atom. The Labute approximate surface area is 159 Å². The van der Waals surface area contributed by atoms with Gasteiger partial charge in [-0.1, -0.05) is 24.2 Å². The molecule has 0 bridgehead atoms. The second-order valence-electron chi connectivity index (χ2n) is 6.86. The molecule has 1 atom stereocenters. The molecular weight excluding hydrogens is 362 g/mol. The highest BCUT2D eigenvalue weighted by molar-refractivity contribution is 5.97. The molecule has 1 amide bonds. The number of aromatic amines is 1. The van der Waals surface area contributed by atoms with E-state index in [1.54, 1.807) is 23.9 Å². The Morgan fingerprint density at radius 1 is 1.36 bits per heavy atom. The van der Waals surface area contributed by atoms with Gasteiger partial charge in [-0.3, -0.25) is 9.89 Å². The molecule has 2 N–H and O–H groups in total. The van der Waals surface area contributed by atoms with Gasteiger partial charge in [0.15, 0.2) is 5.82 Å². The van der Waals surface area contributed by atoms with Gasteiger partial charge >= 0.3 is 0 Å². The van der Waals surface area contributed by atoms with E-state index >= 15 is 0 Å². The van der Waals surface area contributed by atoms with E-state index in [-0.39, 0.29) is 11.7 Å². The standard InChI is InChI=1S/C17H19N9O2/c1-9(2)6-12(17-21-15(24-28-17)14-18-8-19-23-14)20-16(27)10-4-5-13-11(7-10)22-25-26(13)3/h4-5,7-9,12H,6H2,1-3H3,(H,20,27)(H,18,19,23). The van der Waals surface area contributed by atoms with Crippen LogP contribution in [0.25, 0.3) is 22.7 Å². The van der Waals surface area contributed by atoms with E-state index in [1.807, 2.05) is 6.07 Å². The minimum absolute atomic E-state index is 0.252. The van der Waals surface area contributed by atoms with E-state index in [2.05, 4.69) is 54.8 Å². The maximum Gasteiger partial charge on any atom is 0.252 e. The summed E-state index contributed by atoms with van der Waals surface area (Å²) in [5, 5.41) is 21.4. The van der Waals surface area contributed by atoms with Gasteiger partial charge < -0.3 is 9.84 Å². The molecule has 1 unspecified atom stereocenters. The summed E-state index contributed by atoms with van der Waals surface area (Å²) in [6.45, 7) is 4.11. The lowest BCUT2D eigenvalue weighted by Gasteiger charge is -2.17. The predicted molar refractivity (Wildman–Crippen MR) is 97.8 cm³/mol. The molecule has 0 fully saturated rings. The van der Waals surface area contributed by atoms with E-state index in [4.69, 9.17) is 4.52 Å². The van der Waals surface area contributed by atoms with Crippen LogP contribution >= 0.6 is 0 Å². The van der Waals surface area contributed by atoms with Crippen molar-refractivity contribution in [2.24, 2.45) is 13.0 Å².